The van der Waals surface area contributed by atoms with Crippen molar-refractivity contribution in [1.82, 2.24) is 25.0 Å². The average Bonchev–Trinajstić information content (AvgIpc) is 3.29. The van der Waals surface area contributed by atoms with E-state index < -0.39 is 0 Å². The lowest BCUT2D eigenvalue weighted by Gasteiger charge is -2.25. The highest BCUT2D eigenvalue weighted by Crippen LogP contribution is 2.23. The van der Waals surface area contributed by atoms with Crippen LogP contribution in [0.2, 0.25) is 0 Å². The lowest BCUT2D eigenvalue weighted by Crippen LogP contribution is -2.37. The zero-order valence-electron chi connectivity index (χ0n) is 16.8. The summed E-state index contributed by atoms with van der Waals surface area (Å²) in [5, 5.41) is 8.58. The normalized spacial score (nSPS) is 15.8. The molecule has 1 atom stereocenters. The molecule has 6 nitrogen and oxygen atoms in total. The number of carbonyl (C=O) groups is 1. The second kappa shape index (κ2) is 7.72. The average molecular weight is 377 g/mol. The van der Waals surface area contributed by atoms with Crippen molar-refractivity contribution in [3.8, 4) is 0 Å². The van der Waals surface area contributed by atoms with Gasteiger partial charge in [0.25, 0.3) is 5.91 Å². The molecule has 3 heterocycles. The number of rotatable bonds is 5. The molecule has 0 saturated carbocycles. The first kappa shape index (κ1) is 18.6. The number of hydrogen-bond acceptors (Lipinski definition) is 4. The van der Waals surface area contributed by atoms with Crippen molar-refractivity contribution >= 4 is 16.9 Å². The summed E-state index contributed by atoms with van der Waals surface area (Å²) in [5.41, 5.74) is 4.17. The lowest BCUT2D eigenvalue weighted by atomic mass is 10.0. The fourth-order valence-electron chi connectivity index (χ4n) is 4.13. The van der Waals surface area contributed by atoms with Crippen LogP contribution < -0.4 is 5.32 Å². The minimum atomic E-state index is -0.0698. The van der Waals surface area contributed by atoms with Gasteiger partial charge in [-0.3, -0.25) is 9.48 Å². The summed E-state index contributed by atoms with van der Waals surface area (Å²) < 4.78 is 1.74. The van der Waals surface area contributed by atoms with Crippen molar-refractivity contribution in [2.24, 2.45) is 7.05 Å². The Labute approximate surface area is 165 Å². The molecular formula is C22H27N5O. The number of nitrogens with zero attached hydrogens (tertiary/aromatic N) is 4. The number of pyridine rings is 1. The molecule has 1 unspecified atom stereocenters. The molecule has 0 aliphatic carbocycles. The van der Waals surface area contributed by atoms with E-state index in [0.29, 0.717) is 5.56 Å². The van der Waals surface area contributed by atoms with Gasteiger partial charge in [-0.15, -0.1) is 0 Å². The van der Waals surface area contributed by atoms with Gasteiger partial charge in [-0.2, -0.15) is 5.10 Å². The highest BCUT2D eigenvalue weighted by molar-refractivity contribution is 6.06. The van der Waals surface area contributed by atoms with E-state index in [-0.39, 0.29) is 11.9 Å². The van der Waals surface area contributed by atoms with Gasteiger partial charge in [0.2, 0.25) is 0 Å². The third kappa shape index (κ3) is 3.64. The Balaban J connectivity index is 1.67. The number of nitrogens with one attached hydrogen (secondary N) is 1. The van der Waals surface area contributed by atoms with Gasteiger partial charge >= 0.3 is 0 Å². The molecule has 146 valence electrons. The maximum Gasteiger partial charge on any atom is 0.252 e. The van der Waals surface area contributed by atoms with Crippen molar-refractivity contribution in [2.75, 3.05) is 19.6 Å². The third-order valence-electron chi connectivity index (χ3n) is 5.49. The van der Waals surface area contributed by atoms with Crippen LogP contribution in [0, 0.1) is 13.8 Å². The van der Waals surface area contributed by atoms with Crippen molar-refractivity contribution in [3.05, 3.63) is 58.9 Å². The van der Waals surface area contributed by atoms with Crippen LogP contribution in [0.5, 0.6) is 0 Å². The van der Waals surface area contributed by atoms with Crippen molar-refractivity contribution in [3.63, 3.8) is 0 Å². The van der Waals surface area contributed by atoms with Crippen LogP contribution >= 0.6 is 0 Å². The molecule has 1 N–H and O–H groups in total. The molecule has 1 aromatic carbocycles. The van der Waals surface area contributed by atoms with Gasteiger partial charge in [0.1, 0.15) is 0 Å². The van der Waals surface area contributed by atoms with Crippen LogP contribution in [0.1, 0.15) is 46.2 Å². The van der Waals surface area contributed by atoms with Gasteiger partial charge in [-0.05, 0) is 51.4 Å². The molecule has 6 heteroatoms. The van der Waals surface area contributed by atoms with Crippen LogP contribution in [-0.2, 0) is 7.05 Å². The van der Waals surface area contributed by atoms with Crippen LogP contribution in [0.25, 0.3) is 11.0 Å². The smallest absolute Gasteiger partial charge is 0.252 e. The van der Waals surface area contributed by atoms with Gasteiger partial charge in [0, 0.05) is 19.3 Å². The number of amides is 1. The summed E-state index contributed by atoms with van der Waals surface area (Å²) in [5.74, 6) is -0.0698. The monoisotopic (exact) mass is 377 g/mol. The van der Waals surface area contributed by atoms with E-state index in [1.54, 1.807) is 4.68 Å². The zero-order valence-corrected chi connectivity index (χ0v) is 16.8. The topological polar surface area (TPSA) is 63.1 Å². The Morgan fingerprint density at radius 2 is 1.89 bits per heavy atom. The molecule has 1 saturated heterocycles. The van der Waals surface area contributed by atoms with E-state index in [9.17, 15) is 4.79 Å². The van der Waals surface area contributed by atoms with Crippen molar-refractivity contribution < 1.29 is 4.79 Å². The molecular weight excluding hydrogens is 350 g/mol. The maximum absolute atomic E-state index is 13.3. The van der Waals surface area contributed by atoms with Gasteiger partial charge < -0.3 is 10.2 Å². The van der Waals surface area contributed by atoms with E-state index in [0.717, 1.165) is 47.6 Å². The zero-order chi connectivity index (χ0) is 19.7. The summed E-state index contributed by atoms with van der Waals surface area (Å²) in [4.78, 5) is 20.3. The molecule has 28 heavy (non-hydrogen) atoms. The van der Waals surface area contributed by atoms with Gasteiger partial charge in [-0.25, -0.2) is 4.98 Å². The van der Waals surface area contributed by atoms with Crippen LogP contribution in [0.4, 0.5) is 0 Å². The molecule has 0 bridgehead atoms. The SMILES string of the molecule is Cc1cc(C(=O)NC(CN2CCCC2)c2ccccc2)c2c(C)nn(C)c2n1. The molecule has 1 aliphatic rings. The summed E-state index contributed by atoms with van der Waals surface area (Å²) >= 11 is 0. The quantitative estimate of drug-likeness (QED) is 0.742. The fraction of sp³-hybridized carbons (Fsp3) is 0.409. The largest absolute Gasteiger partial charge is 0.344 e. The maximum atomic E-state index is 13.3. The third-order valence-corrected chi connectivity index (χ3v) is 5.49. The minimum Gasteiger partial charge on any atom is -0.344 e. The Kier molecular flexibility index (Phi) is 5.13. The number of likely N-dealkylation sites (tertiary alicyclic amines) is 1. The summed E-state index contributed by atoms with van der Waals surface area (Å²) in [6.45, 7) is 6.86. The van der Waals surface area contributed by atoms with E-state index in [4.69, 9.17) is 0 Å². The standard InChI is InChI=1S/C22H27N5O/c1-15-13-18(20-16(2)25-26(3)21(20)23-15)22(28)24-19(14-27-11-7-8-12-27)17-9-5-4-6-10-17/h4-6,9-10,13,19H,7-8,11-12,14H2,1-3H3,(H,24,28). The second-order valence-corrected chi connectivity index (χ2v) is 7.66. The number of hydrogen-bond donors (Lipinski definition) is 1. The predicted molar refractivity (Wildman–Crippen MR) is 110 cm³/mol. The van der Waals surface area contributed by atoms with Crippen molar-refractivity contribution in [1.29, 1.82) is 0 Å². The summed E-state index contributed by atoms with van der Waals surface area (Å²) in [6.07, 6.45) is 2.46. The fourth-order valence-corrected chi connectivity index (χ4v) is 4.13. The Morgan fingerprint density at radius 3 is 2.61 bits per heavy atom. The first-order valence-electron chi connectivity index (χ1n) is 9.92. The highest BCUT2D eigenvalue weighted by atomic mass is 16.1. The molecule has 3 aromatic rings. The van der Waals surface area contributed by atoms with E-state index in [1.165, 1.54) is 12.8 Å². The van der Waals surface area contributed by atoms with E-state index in [2.05, 4.69) is 32.4 Å². The molecule has 4 rings (SSSR count). The first-order valence-corrected chi connectivity index (χ1v) is 9.92. The number of carbonyl (C=O) groups excluding carboxylic acids is 1. The predicted octanol–water partition coefficient (Wildman–Crippen LogP) is 3.15. The van der Waals surface area contributed by atoms with Crippen LogP contribution in [0.3, 0.4) is 0 Å². The first-order chi connectivity index (χ1) is 13.5. The van der Waals surface area contributed by atoms with Gasteiger partial charge in [0.05, 0.1) is 22.7 Å². The van der Waals surface area contributed by atoms with Gasteiger partial charge in [-0.1, -0.05) is 30.3 Å². The van der Waals surface area contributed by atoms with E-state index >= 15 is 0 Å². The number of fused-ring (bicyclic) bond motifs is 1. The van der Waals surface area contributed by atoms with Gasteiger partial charge in [0.15, 0.2) is 5.65 Å². The lowest BCUT2D eigenvalue weighted by molar-refractivity contribution is 0.0928. The minimum absolute atomic E-state index is 0.0488. The molecule has 1 aliphatic heterocycles. The summed E-state index contributed by atoms with van der Waals surface area (Å²) in [6, 6.07) is 12.1. The highest BCUT2D eigenvalue weighted by Gasteiger charge is 2.23. The number of benzene rings is 1. The molecule has 0 radical (unpaired) electrons. The Bertz CT molecular complexity index is 989. The van der Waals surface area contributed by atoms with Crippen LogP contribution in [0.15, 0.2) is 36.4 Å². The molecule has 0 spiro atoms. The second-order valence-electron chi connectivity index (χ2n) is 7.66. The van der Waals surface area contributed by atoms with Crippen LogP contribution in [-0.4, -0.2) is 45.2 Å². The summed E-state index contributed by atoms with van der Waals surface area (Å²) in [7, 11) is 1.86. The number of aryl methyl sites for hydroxylation is 3. The molecule has 1 fully saturated rings. The Morgan fingerprint density at radius 1 is 1.18 bits per heavy atom. The Hall–Kier alpha value is -2.73. The molecule has 1 amide bonds. The number of aromatic nitrogens is 3. The van der Waals surface area contributed by atoms with E-state index in [1.807, 2.05) is 45.2 Å². The van der Waals surface area contributed by atoms with Crippen molar-refractivity contribution in [2.45, 2.75) is 32.7 Å². The molecule has 2 aromatic heterocycles.